The molecule has 0 atom stereocenters. The minimum atomic E-state index is -1.23. The predicted molar refractivity (Wildman–Crippen MR) is 32.8 cm³/mol. The van der Waals surface area contributed by atoms with Crippen LogP contribution in [0.25, 0.3) is 0 Å². The standard InChI is InChI=1S/C3H3N2.C3H4O2.Cu/c1-2-5-3-4-1;1-2-3(4)5;/h1-3H;2H,1H2,(H,4,5);/q-1;;+2/p-1. The van der Waals surface area contributed by atoms with Gasteiger partial charge in [-0.25, -0.2) is 0 Å². The second-order valence-electron chi connectivity index (χ2n) is 1.23. The molecule has 5 heteroatoms. The van der Waals surface area contributed by atoms with Crippen LogP contribution in [0, 0.1) is 0 Å². The van der Waals surface area contributed by atoms with Crippen LogP contribution in [-0.4, -0.2) is 11.0 Å². The second-order valence-corrected chi connectivity index (χ2v) is 1.23. The van der Waals surface area contributed by atoms with E-state index in [0.717, 1.165) is 6.08 Å². The maximum absolute atomic E-state index is 9.14. The minimum absolute atomic E-state index is 0. The summed E-state index contributed by atoms with van der Waals surface area (Å²) in [5.41, 5.74) is 0. The van der Waals surface area contributed by atoms with Gasteiger partial charge in [0.1, 0.15) is 0 Å². The number of carboxylic acids is 1. The third kappa shape index (κ3) is 12.2. The number of carbonyl (C=O) groups excluding carboxylic acids is 1. The van der Waals surface area contributed by atoms with Gasteiger partial charge in [-0.2, -0.15) is 0 Å². The third-order valence-corrected chi connectivity index (χ3v) is 0.539. The molecule has 63 valence electrons. The Morgan fingerprint density at radius 2 is 2.27 bits per heavy atom. The number of imidazole rings is 1. The summed E-state index contributed by atoms with van der Waals surface area (Å²) in [5, 5.41) is 9.14. The summed E-state index contributed by atoms with van der Waals surface area (Å²) in [7, 11) is 0. The summed E-state index contributed by atoms with van der Waals surface area (Å²) < 4.78 is 0. The van der Waals surface area contributed by atoms with Gasteiger partial charge >= 0.3 is 17.1 Å². The normalized spacial score (nSPS) is 6.55. The van der Waals surface area contributed by atoms with Crippen LogP contribution in [-0.2, 0) is 21.9 Å². The first-order chi connectivity index (χ1) is 4.77. The molecule has 1 aromatic heterocycles. The maximum Gasteiger partial charge on any atom is 2.00 e. The van der Waals surface area contributed by atoms with Gasteiger partial charge in [0.25, 0.3) is 0 Å². The van der Waals surface area contributed by atoms with E-state index >= 15 is 0 Å². The van der Waals surface area contributed by atoms with Crippen molar-refractivity contribution in [3.05, 3.63) is 31.4 Å². The van der Waals surface area contributed by atoms with Crippen LogP contribution in [0.2, 0.25) is 0 Å². The van der Waals surface area contributed by atoms with E-state index in [2.05, 4.69) is 16.5 Å². The van der Waals surface area contributed by atoms with E-state index < -0.39 is 5.97 Å². The third-order valence-electron chi connectivity index (χ3n) is 0.539. The molecule has 0 saturated carbocycles. The number of hydrogen-bond donors (Lipinski definition) is 0. The van der Waals surface area contributed by atoms with Crippen molar-refractivity contribution in [2.45, 2.75) is 0 Å². The van der Waals surface area contributed by atoms with Crippen molar-refractivity contribution in [1.29, 1.82) is 0 Å². The number of rotatable bonds is 1. The molecule has 1 radical (unpaired) electrons. The molecule has 11 heavy (non-hydrogen) atoms. The molecule has 0 aliphatic carbocycles. The van der Waals surface area contributed by atoms with Crippen molar-refractivity contribution in [3.8, 4) is 0 Å². The van der Waals surface area contributed by atoms with Crippen LogP contribution >= 0.6 is 0 Å². The fourth-order valence-corrected chi connectivity index (χ4v) is 0.192. The van der Waals surface area contributed by atoms with E-state index in [-0.39, 0.29) is 17.1 Å². The van der Waals surface area contributed by atoms with Crippen molar-refractivity contribution in [1.82, 2.24) is 9.97 Å². The molecule has 0 aliphatic heterocycles. The summed E-state index contributed by atoms with van der Waals surface area (Å²) in [6, 6.07) is 0. The second kappa shape index (κ2) is 8.94. The van der Waals surface area contributed by atoms with Gasteiger partial charge in [-0.3, -0.25) is 0 Å². The van der Waals surface area contributed by atoms with Crippen molar-refractivity contribution < 1.29 is 27.0 Å². The van der Waals surface area contributed by atoms with Crippen LogP contribution in [0.1, 0.15) is 0 Å². The fourth-order valence-electron chi connectivity index (χ4n) is 0.192. The zero-order chi connectivity index (χ0) is 7.82. The maximum atomic E-state index is 9.14. The molecule has 0 N–H and O–H groups in total. The molecule has 0 bridgehead atoms. The van der Waals surface area contributed by atoms with Crippen molar-refractivity contribution >= 4 is 5.97 Å². The topological polar surface area (TPSA) is 67.1 Å². The smallest absolute Gasteiger partial charge is 0.545 e. The zero-order valence-corrected chi connectivity index (χ0v) is 6.47. The van der Waals surface area contributed by atoms with E-state index in [1.54, 1.807) is 12.4 Å². The number of aromatic nitrogens is 2. The van der Waals surface area contributed by atoms with Gasteiger partial charge in [0.2, 0.25) is 0 Å². The Kier molecular flexibility index (Phi) is 10.2. The molecule has 0 amide bonds. The van der Waals surface area contributed by atoms with Crippen LogP contribution in [0.5, 0.6) is 0 Å². The minimum Gasteiger partial charge on any atom is -0.545 e. The number of carboxylic acid groups (broad SMARTS) is 1. The SMILES string of the molecule is C=CC(=O)[O-].[Cu+2].c1c[n-]cn1. The Labute approximate surface area is 74.8 Å². The molecule has 1 heterocycles. The molecular weight excluding hydrogens is 196 g/mol. The van der Waals surface area contributed by atoms with E-state index in [1.165, 1.54) is 6.33 Å². The Hall–Kier alpha value is -1.06. The number of carbonyl (C=O) groups is 1. The van der Waals surface area contributed by atoms with Gasteiger partial charge in [0.05, 0.1) is 5.97 Å². The first-order valence-electron chi connectivity index (χ1n) is 2.47. The Bertz CT molecular complexity index is 169. The van der Waals surface area contributed by atoms with Crippen molar-refractivity contribution in [2.24, 2.45) is 0 Å². The zero-order valence-electron chi connectivity index (χ0n) is 5.53. The van der Waals surface area contributed by atoms with Crippen molar-refractivity contribution in [3.63, 3.8) is 0 Å². The first kappa shape index (κ1) is 12.6. The molecule has 0 saturated heterocycles. The van der Waals surface area contributed by atoms with E-state index in [0.29, 0.717) is 0 Å². The molecule has 0 unspecified atom stereocenters. The van der Waals surface area contributed by atoms with Gasteiger partial charge in [-0.15, -0.1) is 0 Å². The quantitative estimate of drug-likeness (QED) is 0.430. The molecule has 0 aliphatic rings. The van der Waals surface area contributed by atoms with Crippen LogP contribution in [0.15, 0.2) is 31.4 Å². The van der Waals surface area contributed by atoms with Gasteiger partial charge in [-0.1, -0.05) is 25.3 Å². The molecule has 4 nitrogen and oxygen atoms in total. The molecule has 0 spiro atoms. The summed E-state index contributed by atoms with van der Waals surface area (Å²) in [6.45, 7) is 2.90. The predicted octanol–water partition coefficient (Wildman–Crippen LogP) is -1.04. The molecule has 0 aromatic carbocycles. The van der Waals surface area contributed by atoms with E-state index in [1.807, 2.05) is 0 Å². The number of nitrogens with zero attached hydrogens (tertiary/aromatic N) is 2. The van der Waals surface area contributed by atoms with Crippen LogP contribution in [0.4, 0.5) is 0 Å². The first-order valence-corrected chi connectivity index (χ1v) is 2.47. The van der Waals surface area contributed by atoms with Gasteiger partial charge in [0, 0.05) is 0 Å². The molecule has 1 rings (SSSR count). The molecular formula is C6H6CuN2O2. The largest absolute Gasteiger partial charge is 2.00 e. The Morgan fingerprint density at radius 1 is 1.73 bits per heavy atom. The monoisotopic (exact) mass is 201 g/mol. The Balaban J connectivity index is 0. The Morgan fingerprint density at radius 3 is 2.36 bits per heavy atom. The van der Waals surface area contributed by atoms with Gasteiger partial charge in [0.15, 0.2) is 0 Å². The van der Waals surface area contributed by atoms with Gasteiger partial charge < -0.3 is 19.9 Å². The molecule has 0 fully saturated rings. The van der Waals surface area contributed by atoms with E-state index in [9.17, 15) is 0 Å². The average molecular weight is 202 g/mol. The van der Waals surface area contributed by atoms with Gasteiger partial charge in [-0.05, 0) is 6.08 Å². The summed E-state index contributed by atoms with van der Waals surface area (Å²) in [4.78, 5) is 16.4. The summed E-state index contributed by atoms with van der Waals surface area (Å²) >= 11 is 0. The number of hydrogen-bond acceptors (Lipinski definition) is 3. The van der Waals surface area contributed by atoms with Crippen molar-refractivity contribution in [2.75, 3.05) is 0 Å². The summed E-state index contributed by atoms with van der Waals surface area (Å²) in [5.74, 6) is -1.23. The van der Waals surface area contributed by atoms with E-state index in [4.69, 9.17) is 9.90 Å². The van der Waals surface area contributed by atoms with Crippen LogP contribution < -0.4 is 10.1 Å². The fraction of sp³-hybridized carbons (Fsp3) is 0. The summed E-state index contributed by atoms with van der Waals surface area (Å²) in [6.07, 6.45) is 5.50. The average Bonchev–Trinajstić information content (AvgIpc) is 2.43. The number of aliphatic carboxylic acids is 1. The van der Waals surface area contributed by atoms with Crippen LogP contribution in [0.3, 0.4) is 0 Å². The molecule has 1 aromatic rings.